The molecule has 1 aromatic rings. The number of nitrogens with two attached hydrogens (primary N) is 1. The molecule has 0 bridgehead atoms. The molecule has 20 heavy (non-hydrogen) atoms. The van der Waals surface area contributed by atoms with Gasteiger partial charge in [-0.05, 0) is 73.1 Å². The van der Waals surface area contributed by atoms with Gasteiger partial charge in [-0.3, -0.25) is 0 Å². The van der Waals surface area contributed by atoms with Gasteiger partial charge in [-0.1, -0.05) is 19.9 Å². The van der Waals surface area contributed by atoms with E-state index in [-0.39, 0.29) is 0 Å². The Morgan fingerprint density at radius 2 is 1.90 bits per heavy atom. The standard InChI is InChI=1S/C18H28N2/c1-12-9-15-10-17(7-8-18(15)13(12)2)20-11-14-3-5-16(19)6-4-14/h7-8,10,12-14,16,20H,3-6,9,11,19H2,1-2H3/t12?,13?,14-,16-. The summed E-state index contributed by atoms with van der Waals surface area (Å²) in [5.41, 5.74) is 10.4. The van der Waals surface area contributed by atoms with Gasteiger partial charge in [-0.15, -0.1) is 0 Å². The van der Waals surface area contributed by atoms with Crippen LogP contribution in [0.25, 0.3) is 0 Å². The Morgan fingerprint density at radius 3 is 2.65 bits per heavy atom. The predicted octanol–water partition coefficient (Wildman–Crippen LogP) is 3.91. The Morgan fingerprint density at radius 1 is 1.15 bits per heavy atom. The Balaban J connectivity index is 1.58. The first kappa shape index (κ1) is 13.9. The smallest absolute Gasteiger partial charge is 0.0343 e. The van der Waals surface area contributed by atoms with Crippen molar-refractivity contribution in [2.75, 3.05) is 11.9 Å². The van der Waals surface area contributed by atoms with Crippen LogP contribution in [-0.2, 0) is 6.42 Å². The third-order valence-corrected chi connectivity index (χ3v) is 5.52. The molecule has 3 rings (SSSR count). The summed E-state index contributed by atoms with van der Waals surface area (Å²) in [5, 5.41) is 3.65. The van der Waals surface area contributed by atoms with Gasteiger partial charge in [0.2, 0.25) is 0 Å². The van der Waals surface area contributed by atoms with Crippen molar-refractivity contribution in [2.45, 2.75) is 57.9 Å². The quantitative estimate of drug-likeness (QED) is 0.875. The monoisotopic (exact) mass is 272 g/mol. The fraction of sp³-hybridized carbons (Fsp3) is 0.667. The maximum Gasteiger partial charge on any atom is 0.0343 e. The highest BCUT2D eigenvalue weighted by Gasteiger charge is 2.25. The van der Waals surface area contributed by atoms with Gasteiger partial charge in [0.25, 0.3) is 0 Å². The highest BCUT2D eigenvalue weighted by atomic mass is 14.9. The zero-order valence-corrected chi connectivity index (χ0v) is 12.9. The minimum atomic E-state index is 0.453. The molecule has 2 nitrogen and oxygen atoms in total. The molecule has 2 aliphatic rings. The number of benzene rings is 1. The summed E-state index contributed by atoms with van der Waals surface area (Å²) in [6.45, 7) is 5.83. The van der Waals surface area contributed by atoms with E-state index in [1.54, 1.807) is 11.1 Å². The summed E-state index contributed by atoms with van der Waals surface area (Å²) in [4.78, 5) is 0. The number of nitrogens with one attached hydrogen (secondary N) is 1. The van der Waals surface area contributed by atoms with Crippen LogP contribution in [0.3, 0.4) is 0 Å². The van der Waals surface area contributed by atoms with Gasteiger partial charge in [-0.2, -0.15) is 0 Å². The average molecular weight is 272 g/mol. The molecule has 0 amide bonds. The van der Waals surface area contributed by atoms with Gasteiger partial charge in [0.15, 0.2) is 0 Å². The number of anilines is 1. The van der Waals surface area contributed by atoms with Crippen LogP contribution >= 0.6 is 0 Å². The minimum Gasteiger partial charge on any atom is -0.385 e. The Bertz CT molecular complexity index is 460. The molecule has 0 heterocycles. The third kappa shape index (κ3) is 2.85. The van der Waals surface area contributed by atoms with Crippen LogP contribution < -0.4 is 11.1 Å². The van der Waals surface area contributed by atoms with Crippen molar-refractivity contribution in [1.82, 2.24) is 0 Å². The molecule has 1 saturated carbocycles. The molecule has 3 N–H and O–H groups in total. The molecule has 1 fully saturated rings. The van der Waals surface area contributed by atoms with Gasteiger partial charge >= 0.3 is 0 Å². The second-order valence-corrected chi connectivity index (χ2v) is 7.05. The van der Waals surface area contributed by atoms with Crippen molar-refractivity contribution in [3.63, 3.8) is 0 Å². The predicted molar refractivity (Wildman–Crippen MR) is 86.1 cm³/mol. The molecule has 0 spiro atoms. The van der Waals surface area contributed by atoms with E-state index < -0.39 is 0 Å². The van der Waals surface area contributed by atoms with Gasteiger partial charge in [0.1, 0.15) is 0 Å². The van der Waals surface area contributed by atoms with E-state index in [9.17, 15) is 0 Å². The van der Waals surface area contributed by atoms with E-state index in [4.69, 9.17) is 5.73 Å². The van der Waals surface area contributed by atoms with Crippen LogP contribution in [0, 0.1) is 11.8 Å². The summed E-state index contributed by atoms with van der Waals surface area (Å²) >= 11 is 0. The Labute approximate surface area is 123 Å². The highest BCUT2D eigenvalue weighted by Crippen LogP contribution is 2.38. The summed E-state index contributed by atoms with van der Waals surface area (Å²) < 4.78 is 0. The molecule has 2 unspecified atom stereocenters. The summed E-state index contributed by atoms with van der Waals surface area (Å²) in [5.74, 6) is 2.32. The van der Waals surface area contributed by atoms with Crippen LogP contribution in [0.4, 0.5) is 5.69 Å². The number of hydrogen-bond acceptors (Lipinski definition) is 2. The van der Waals surface area contributed by atoms with Crippen molar-refractivity contribution < 1.29 is 0 Å². The van der Waals surface area contributed by atoms with E-state index in [1.807, 2.05) is 0 Å². The van der Waals surface area contributed by atoms with Crippen molar-refractivity contribution >= 4 is 5.69 Å². The van der Waals surface area contributed by atoms with Crippen LogP contribution in [0.15, 0.2) is 18.2 Å². The number of hydrogen-bond donors (Lipinski definition) is 2. The highest BCUT2D eigenvalue weighted by molar-refractivity contribution is 5.51. The normalized spacial score (nSPS) is 33.0. The van der Waals surface area contributed by atoms with Crippen molar-refractivity contribution in [1.29, 1.82) is 0 Å². The molecule has 0 saturated heterocycles. The molecule has 1 aromatic carbocycles. The van der Waals surface area contributed by atoms with E-state index in [1.165, 1.54) is 37.8 Å². The van der Waals surface area contributed by atoms with Crippen molar-refractivity contribution in [2.24, 2.45) is 17.6 Å². The molecule has 110 valence electrons. The maximum absolute atomic E-state index is 5.97. The van der Waals surface area contributed by atoms with Gasteiger partial charge < -0.3 is 11.1 Å². The lowest BCUT2D eigenvalue weighted by Gasteiger charge is -2.26. The SMILES string of the molecule is CC1Cc2cc(NC[C@H]3CC[C@H](N)CC3)ccc2C1C. The van der Waals surface area contributed by atoms with E-state index in [2.05, 4.69) is 37.4 Å². The van der Waals surface area contributed by atoms with Crippen LogP contribution in [-0.4, -0.2) is 12.6 Å². The molecule has 0 aromatic heterocycles. The van der Waals surface area contributed by atoms with Crippen LogP contribution in [0.1, 0.15) is 56.6 Å². The molecule has 2 atom stereocenters. The molecule has 2 aliphatic carbocycles. The van der Waals surface area contributed by atoms with E-state index >= 15 is 0 Å². The van der Waals surface area contributed by atoms with Crippen LogP contribution in [0.5, 0.6) is 0 Å². The number of rotatable bonds is 3. The zero-order valence-electron chi connectivity index (χ0n) is 12.9. The largest absolute Gasteiger partial charge is 0.385 e. The lowest BCUT2D eigenvalue weighted by molar-refractivity contribution is 0.339. The van der Waals surface area contributed by atoms with E-state index in [0.29, 0.717) is 6.04 Å². The van der Waals surface area contributed by atoms with Gasteiger partial charge in [-0.25, -0.2) is 0 Å². The summed E-state index contributed by atoms with van der Waals surface area (Å²) in [6.07, 6.45) is 6.21. The zero-order chi connectivity index (χ0) is 14.1. The van der Waals surface area contributed by atoms with Gasteiger partial charge in [0, 0.05) is 18.3 Å². The van der Waals surface area contributed by atoms with Crippen LogP contribution in [0.2, 0.25) is 0 Å². The Kier molecular flexibility index (Phi) is 4.02. The first-order chi connectivity index (χ1) is 9.63. The fourth-order valence-corrected chi connectivity index (χ4v) is 3.82. The topological polar surface area (TPSA) is 38.0 Å². The summed E-state index contributed by atoms with van der Waals surface area (Å²) in [6, 6.07) is 7.43. The maximum atomic E-state index is 5.97. The molecular weight excluding hydrogens is 244 g/mol. The fourth-order valence-electron chi connectivity index (χ4n) is 3.82. The lowest BCUT2D eigenvalue weighted by atomic mass is 9.86. The van der Waals surface area contributed by atoms with Crippen molar-refractivity contribution in [3.8, 4) is 0 Å². The third-order valence-electron chi connectivity index (χ3n) is 5.52. The van der Waals surface area contributed by atoms with E-state index in [0.717, 1.165) is 24.3 Å². The Hall–Kier alpha value is -1.02. The second-order valence-electron chi connectivity index (χ2n) is 7.05. The van der Waals surface area contributed by atoms with Crippen molar-refractivity contribution in [3.05, 3.63) is 29.3 Å². The average Bonchev–Trinajstić information content (AvgIpc) is 2.73. The first-order valence-electron chi connectivity index (χ1n) is 8.25. The summed E-state index contributed by atoms with van der Waals surface area (Å²) in [7, 11) is 0. The lowest BCUT2D eigenvalue weighted by Crippen LogP contribution is -2.29. The molecular formula is C18H28N2. The number of fused-ring (bicyclic) bond motifs is 1. The van der Waals surface area contributed by atoms with Gasteiger partial charge in [0.05, 0.1) is 0 Å². The minimum absolute atomic E-state index is 0.453. The molecule has 0 aliphatic heterocycles. The molecule has 2 heteroatoms. The molecule has 0 radical (unpaired) electrons. The first-order valence-corrected chi connectivity index (χ1v) is 8.25. The second kappa shape index (κ2) is 5.77.